The molecule has 1 heterocycles. The van der Waals surface area contributed by atoms with Gasteiger partial charge in [-0.05, 0) is 0 Å². The monoisotopic (exact) mass is 144 g/mol. The molecular weight excluding hydrogens is 132 g/mol. The largest absolute Gasteiger partial charge is 0.299 e. The van der Waals surface area contributed by atoms with Gasteiger partial charge in [-0.2, -0.15) is 11.8 Å². The standard InChI is InChI=1S/C7H12OS/c1-7(2)5-9-4-3-6(7)8/h3-5H2,1-2H3. The normalized spacial score (nSPS) is 26.2. The first-order valence-electron chi connectivity index (χ1n) is 3.24. The maximum absolute atomic E-state index is 11.1. The lowest BCUT2D eigenvalue weighted by atomic mass is 9.89. The predicted molar refractivity (Wildman–Crippen MR) is 40.7 cm³/mol. The van der Waals surface area contributed by atoms with Crippen molar-refractivity contribution in [3.05, 3.63) is 0 Å². The SMILES string of the molecule is CC1(C)CSCCC1=O. The average molecular weight is 144 g/mol. The number of ketones is 1. The summed E-state index contributed by atoms with van der Waals surface area (Å²) in [5.74, 6) is 2.47. The van der Waals surface area contributed by atoms with Crippen LogP contribution >= 0.6 is 11.8 Å². The predicted octanol–water partition coefficient (Wildman–Crippen LogP) is 1.72. The Kier molecular flexibility index (Phi) is 1.85. The van der Waals surface area contributed by atoms with Crippen molar-refractivity contribution in [3.8, 4) is 0 Å². The highest BCUT2D eigenvalue weighted by atomic mass is 32.2. The Morgan fingerprint density at radius 2 is 2.22 bits per heavy atom. The Balaban J connectivity index is 2.60. The van der Waals surface area contributed by atoms with Gasteiger partial charge in [0.15, 0.2) is 0 Å². The maximum atomic E-state index is 11.1. The Morgan fingerprint density at radius 1 is 1.56 bits per heavy atom. The second kappa shape index (κ2) is 2.33. The number of rotatable bonds is 0. The molecule has 0 aromatic rings. The lowest BCUT2D eigenvalue weighted by Crippen LogP contribution is -2.30. The van der Waals surface area contributed by atoms with Crippen molar-refractivity contribution in [2.45, 2.75) is 20.3 Å². The topological polar surface area (TPSA) is 17.1 Å². The summed E-state index contributed by atoms with van der Waals surface area (Å²) in [5.41, 5.74) is -0.0388. The van der Waals surface area contributed by atoms with Gasteiger partial charge in [0.1, 0.15) is 5.78 Å². The molecule has 0 unspecified atom stereocenters. The summed E-state index contributed by atoms with van der Waals surface area (Å²) in [6.07, 6.45) is 0.775. The van der Waals surface area contributed by atoms with Crippen molar-refractivity contribution in [1.29, 1.82) is 0 Å². The minimum absolute atomic E-state index is 0.0388. The number of hydrogen-bond acceptors (Lipinski definition) is 2. The van der Waals surface area contributed by atoms with Crippen LogP contribution in [0.2, 0.25) is 0 Å². The van der Waals surface area contributed by atoms with Gasteiger partial charge in [0.25, 0.3) is 0 Å². The average Bonchev–Trinajstić information content (AvgIpc) is 1.77. The minimum Gasteiger partial charge on any atom is -0.299 e. The first-order valence-corrected chi connectivity index (χ1v) is 4.39. The molecule has 0 N–H and O–H groups in total. The first-order chi connectivity index (χ1) is 4.13. The van der Waals surface area contributed by atoms with E-state index in [9.17, 15) is 4.79 Å². The van der Waals surface area contributed by atoms with Crippen molar-refractivity contribution in [1.82, 2.24) is 0 Å². The molecule has 0 aromatic carbocycles. The van der Waals surface area contributed by atoms with Crippen molar-refractivity contribution in [2.75, 3.05) is 11.5 Å². The Bertz CT molecular complexity index is 129. The molecule has 0 atom stereocenters. The van der Waals surface area contributed by atoms with Crippen molar-refractivity contribution < 1.29 is 4.79 Å². The number of hydrogen-bond donors (Lipinski definition) is 0. The fourth-order valence-corrected chi connectivity index (χ4v) is 2.06. The molecule has 1 saturated heterocycles. The van der Waals surface area contributed by atoms with Crippen LogP contribution in [0.5, 0.6) is 0 Å². The van der Waals surface area contributed by atoms with E-state index in [1.54, 1.807) is 0 Å². The molecule has 1 fully saturated rings. The van der Waals surface area contributed by atoms with Crippen LogP contribution < -0.4 is 0 Å². The number of thioether (sulfide) groups is 1. The molecule has 1 rings (SSSR count). The van der Waals surface area contributed by atoms with E-state index in [-0.39, 0.29) is 5.41 Å². The van der Waals surface area contributed by atoms with Crippen LogP contribution in [0.1, 0.15) is 20.3 Å². The van der Waals surface area contributed by atoms with Gasteiger partial charge in [0.05, 0.1) is 0 Å². The van der Waals surface area contributed by atoms with Crippen LogP contribution in [-0.2, 0) is 4.79 Å². The highest BCUT2D eigenvalue weighted by Gasteiger charge is 2.29. The maximum Gasteiger partial charge on any atom is 0.140 e. The fourth-order valence-electron chi connectivity index (χ4n) is 0.911. The van der Waals surface area contributed by atoms with Gasteiger partial charge in [0, 0.05) is 23.3 Å². The van der Waals surface area contributed by atoms with E-state index in [0.717, 1.165) is 17.9 Å². The van der Waals surface area contributed by atoms with Crippen LogP contribution in [0, 0.1) is 5.41 Å². The van der Waals surface area contributed by atoms with E-state index in [1.165, 1.54) is 0 Å². The summed E-state index contributed by atoms with van der Waals surface area (Å²) in [5, 5.41) is 0. The van der Waals surface area contributed by atoms with Crippen molar-refractivity contribution in [2.24, 2.45) is 5.41 Å². The highest BCUT2D eigenvalue weighted by molar-refractivity contribution is 7.99. The van der Waals surface area contributed by atoms with Gasteiger partial charge in [-0.3, -0.25) is 4.79 Å². The van der Waals surface area contributed by atoms with E-state index in [2.05, 4.69) is 0 Å². The van der Waals surface area contributed by atoms with Crippen LogP contribution in [0.4, 0.5) is 0 Å². The summed E-state index contributed by atoms with van der Waals surface area (Å²) < 4.78 is 0. The lowest BCUT2D eigenvalue weighted by molar-refractivity contribution is -0.125. The summed E-state index contributed by atoms with van der Waals surface area (Å²) in [7, 11) is 0. The Hall–Kier alpha value is 0.0200. The Morgan fingerprint density at radius 3 is 2.56 bits per heavy atom. The molecule has 0 saturated carbocycles. The van der Waals surface area contributed by atoms with E-state index in [4.69, 9.17) is 0 Å². The van der Waals surface area contributed by atoms with E-state index in [1.807, 2.05) is 25.6 Å². The van der Waals surface area contributed by atoms with Gasteiger partial charge in [0.2, 0.25) is 0 Å². The molecule has 0 aliphatic carbocycles. The Labute approximate surface area is 60.2 Å². The van der Waals surface area contributed by atoms with Gasteiger partial charge in [-0.15, -0.1) is 0 Å². The molecule has 0 spiro atoms. The van der Waals surface area contributed by atoms with Gasteiger partial charge < -0.3 is 0 Å². The van der Waals surface area contributed by atoms with E-state index < -0.39 is 0 Å². The molecule has 1 aliphatic rings. The number of carbonyl (C=O) groups excluding carboxylic acids is 1. The summed E-state index contributed by atoms with van der Waals surface area (Å²) >= 11 is 1.88. The third-order valence-electron chi connectivity index (χ3n) is 1.69. The molecule has 0 bridgehead atoms. The van der Waals surface area contributed by atoms with Crippen molar-refractivity contribution in [3.63, 3.8) is 0 Å². The van der Waals surface area contributed by atoms with Gasteiger partial charge in [-0.25, -0.2) is 0 Å². The highest BCUT2D eigenvalue weighted by Crippen LogP contribution is 2.29. The third kappa shape index (κ3) is 1.48. The molecule has 9 heavy (non-hydrogen) atoms. The second-order valence-corrected chi connectivity index (χ2v) is 4.21. The van der Waals surface area contributed by atoms with Gasteiger partial charge >= 0.3 is 0 Å². The van der Waals surface area contributed by atoms with Crippen LogP contribution in [0.15, 0.2) is 0 Å². The molecule has 2 heteroatoms. The van der Waals surface area contributed by atoms with Crippen LogP contribution in [0.3, 0.4) is 0 Å². The lowest BCUT2D eigenvalue weighted by Gasteiger charge is -2.26. The number of carbonyl (C=O) groups is 1. The summed E-state index contributed by atoms with van der Waals surface area (Å²) in [4.78, 5) is 11.1. The molecule has 0 amide bonds. The molecule has 52 valence electrons. The van der Waals surface area contributed by atoms with Crippen molar-refractivity contribution >= 4 is 17.5 Å². The van der Waals surface area contributed by atoms with Crippen LogP contribution in [0.25, 0.3) is 0 Å². The molecule has 0 aromatic heterocycles. The third-order valence-corrected chi connectivity index (χ3v) is 3.11. The molecule has 0 radical (unpaired) electrons. The van der Waals surface area contributed by atoms with Gasteiger partial charge in [-0.1, -0.05) is 13.8 Å². The minimum atomic E-state index is -0.0388. The fraction of sp³-hybridized carbons (Fsp3) is 0.857. The molecule has 1 aliphatic heterocycles. The molecular formula is C7H12OS. The first kappa shape index (κ1) is 7.13. The van der Waals surface area contributed by atoms with Crippen LogP contribution in [-0.4, -0.2) is 17.3 Å². The molecule has 1 nitrogen and oxygen atoms in total. The second-order valence-electron chi connectivity index (χ2n) is 3.11. The summed E-state index contributed by atoms with van der Waals surface area (Å²) in [6, 6.07) is 0. The zero-order valence-corrected chi connectivity index (χ0v) is 6.75. The zero-order valence-electron chi connectivity index (χ0n) is 5.94. The van der Waals surface area contributed by atoms with E-state index >= 15 is 0 Å². The number of Topliss-reactive ketones (excluding diaryl/α,β-unsaturated/α-hetero) is 1. The van der Waals surface area contributed by atoms with E-state index in [0.29, 0.717) is 5.78 Å². The zero-order chi connectivity index (χ0) is 6.91. The quantitative estimate of drug-likeness (QED) is 0.515. The smallest absolute Gasteiger partial charge is 0.140 e. The summed E-state index contributed by atoms with van der Waals surface area (Å²) in [6.45, 7) is 4.06.